The molecule has 13 nitrogen and oxygen atoms in total. The molecule has 4 N–H and O–H groups in total. The van der Waals surface area contributed by atoms with Crippen LogP contribution in [0.15, 0.2) is 23.1 Å². The lowest BCUT2D eigenvalue weighted by atomic mass is 10.1. The molecule has 1 saturated heterocycles. The van der Waals surface area contributed by atoms with E-state index < -0.39 is 55.0 Å². The van der Waals surface area contributed by atoms with E-state index in [1.165, 1.54) is 0 Å². The third-order valence-electron chi connectivity index (χ3n) is 4.44. The Kier molecular flexibility index (Phi) is 7.42. The Morgan fingerprint density at radius 2 is 1.93 bits per heavy atom. The zero-order chi connectivity index (χ0) is 22.5. The molecule has 0 unspecified atom stereocenters. The van der Waals surface area contributed by atoms with Crippen LogP contribution < -0.4 is 10.5 Å². The van der Waals surface area contributed by atoms with Gasteiger partial charge >= 0.3 is 11.9 Å². The first-order chi connectivity index (χ1) is 14.0. The quantitative estimate of drug-likeness (QED) is 0.195. The number of sulfonamides is 1. The Morgan fingerprint density at radius 3 is 2.47 bits per heavy atom. The van der Waals surface area contributed by atoms with E-state index in [1.54, 1.807) is 0 Å². The van der Waals surface area contributed by atoms with Crippen LogP contribution in [0.2, 0.25) is 0 Å². The number of likely N-dealkylation sites (tertiary alicyclic amines) is 1. The summed E-state index contributed by atoms with van der Waals surface area (Å²) in [6.07, 6.45) is 0.259. The summed E-state index contributed by atoms with van der Waals surface area (Å²) in [5.74, 6) is -4.22. The van der Waals surface area contributed by atoms with Gasteiger partial charge < -0.3 is 20.5 Å². The van der Waals surface area contributed by atoms with Crippen LogP contribution in [-0.2, 0) is 24.3 Å². The number of hydrogen-bond donors (Lipinski definition) is 3. The zero-order valence-electron chi connectivity index (χ0n) is 15.6. The van der Waals surface area contributed by atoms with Gasteiger partial charge in [-0.1, -0.05) is 6.07 Å². The minimum atomic E-state index is -4.25. The van der Waals surface area contributed by atoms with Gasteiger partial charge in [-0.05, 0) is 18.9 Å². The molecule has 0 radical (unpaired) electrons. The molecule has 0 bridgehead atoms. The van der Waals surface area contributed by atoms with Crippen LogP contribution in [0.1, 0.15) is 23.2 Å². The second-order valence-corrected chi connectivity index (χ2v) is 8.16. The van der Waals surface area contributed by atoms with Crippen molar-refractivity contribution in [1.82, 2.24) is 9.62 Å². The number of esters is 1. The van der Waals surface area contributed by atoms with Crippen molar-refractivity contribution in [3.8, 4) is 0 Å². The summed E-state index contributed by atoms with van der Waals surface area (Å²) in [6.45, 7) is 1.12. The summed E-state index contributed by atoms with van der Waals surface area (Å²) in [5, 5.41) is 19.6. The maximum atomic E-state index is 12.5. The van der Waals surface area contributed by atoms with Crippen molar-refractivity contribution >= 4 is 33.6 Å². The highest BCUT2D eigenvalue weighted by Gasteiger charge is 2.29. The van der Waals surface area contributed by atoms with Gasteiger partial charge in [0.25, 0.3) is 11.6 Å². The third kappa shape index (κ3) is 5.71. The maximum Gasteiger partial charge on any atom is 0.417 e. The van der Waals surface area contributed by atoms with Crippen molar-refractivity contribution < 1.29 is 37.6 Å². The first kappa shape index (κ1) is 23.2. The SMILES string of the molecule is NC(=O)c1c([N+](=O)[O-])cccc1S(=O)(=O)NCCN1CCC(OC(=O)C(=O)O)CC1. The van der Waals surface area contributed by atoms with Gasteiger partial charge in [0.1, 0.15) is 16.6 Å². The number of nitro benzene ring substituents is 1. The molecule has 1 aromatic carbocycles. The number of carboxylic acids is 1. The van der Waals surface area contributed by atoms with Crippen LogP contribution in [-0.4, -0.2) is 73.5 Å². The Balaban J connectivity index is 1.95. The van der Waals surface area contributed by atoms with Crippen LogP contribution in [0, 0.1) is 10.1 Å². The van der Waals surface area contributed by atoms with E-state index in [2.05, 4.69) is 4.72 Å². The zero-order valence-corrected chi connectivity index (χ0v) is 16.5. The Bertz CT molecular complexity index is 955. The van der Waals surface area contributed by atoms with Crippen LogP contribution >= 0.6 is 0 Å². The number of carbonyl (C=O) groups excluding carboxylic acids is 2. The van der Waals surface area contributed by atoms with Crippen molar-refractivity contribution in [2.45, 2.75) is 23.8 Å². The fraction of sp³-hybridized carbons (Fsp3) is 0.438. The summed E-state index contributed by atoms with van der Waals surface area (Å²) in [7, 11) is -4.25. The van der Waals surface area contributed by atoms with Crippen LogP contribution in [0.25, 0.3) is 0 Å². The van der Waals surface area contributed by atoms with E-state index in [-0.39, 0.29) is 13.1 Å². The van der Waals surface area contributed by atoms with E-state index in [0.29, 0.717) is 25.9 Å². The monoisotopic (exact) mass is 444 g/mol. The largest absolute Gasteiger partial charge is 0.473 e. The number of nitrogens with two attached hydrogens (primary N) is 1. The van der Waals surface area contributed by atoms with Crippen LogP contribution in [0.5, 0.6) is 0 Å². The molecule has 1 heterocycles. The van der Waals surface area contributed by atoms with E-state index in [4.69, 9.17) is 15.6 Å². The number of aliphatic carboxylic acids is 1. The Labute approximate surface area is 171 Å². The smallest absolute Gasteiger partial charge is 0.417 e. The molecule has 1 aliphatic rings. The molecular weight excluding hydrogens is 424 g/mol. The highest BCUT2D eigenvalue weighted by molar-refractivity contribution is 7.89. The summed E-state index contributed by atoms with van der Waals surface area (Å²) in [5.41, 5.74) is 3.74. The molecule has 0 aliphatic carbocycles. The predicted molar refractivity (Wildman–Crippen MR) is 100.0 cm³/mol. The third-order valence-corrected chi connectivity index (χ3v) is 5.94. The van der Waals surface area contributed by atoms with E-state index in [0.717, 1.165) is 18.2 Å². The molecule has 2 rings (SSSR count). The van der Waals surface area contributed by atoms with E-state index in [1.807, 2.05) is 4.90 Å². The highest BCUT2D eigenvalue weighted by atomic mass is 32.2. The van der Waals surface area contributed by atoms with Gasteiger partial charge in [0.05, 0.1) is 4.92 Å². The molecule has 164 valence electrons. The summed E-state index contributed by atoms with van der Waals surface area (Å²) < 4.78 is 32.2. The number of carboxylic acid groups (broad SMARTS) is 1. The van der Waals surface area contributed by atoms with Gasteiger partial charge in [0.2, 0.25) is 10.0 Å². The van der Waals surface area contributed by atoms with Crippen molar-refractivity contribution in [3.05, 3.63) is 33.9 Å². The minimum absolute atomic E-state index is 0.0528. The fourth-order valence-corrected chi connectivity index (χ4v) is 4.26. The first-order valence-electron chi connectivity index (χ1n) is 8.76. The maximum absolute atomic E-state index is 12.5. The summed E-state index contributed by atoms with van der Waals surface area (Å²) in [4.78, 5) is 44.6. The molecule has 1 aromatic rings. The number of carbonyl (C=O) groups is 3. The Hall–Kier alpha value is -3.10. The first-order valence-corrected chi connectivity index (χ1v) is 10.2. The van der Waals surface area contributed by atoms with Gasteiger partial charge in [0, 0.05) is 32.2 Å². The normalized spacial score (nSPS) is 15.5. The second-order valence-electron chi connectivity index (χ2n) is 6.42. The lowest BCUT2D eigenvalue weighted by Gasteiger charge is -2.31. The standard InChI is InChI=1S/C16H20N4O9S/c17-14(21)13-11(20(25)26)2-1-3-12(13)30(27,28)18-6-9-19-7-4-10(5-8-19)29-16(24)15(22)23/h1-3,10,18H,4-9H2,(H2,17,21)(H,22,23). The topological polar surface area (TPSA) is 199 Å². The van der Waals surface area contributed by atoms with Gasteiger partial charge in [-0.3, -0.25) is 14.9 Å². The molecule has 0 saturated carbocycles. The van der Waals surface area contributed by atoms with Crippen molar-refractivity contribution in [1.29, 1.82) is 0 Å². The van der Waals surface area contributed by atoms with Crippen molar-refractivity contribution in [2.75, 3.05) is 26.2 Å². The molecule has 1 aliphatic heterocycles. The minimum Gasteiger partial charge on any atom is -0.473 e. The number of amides is 1. The van der Waals surface area contributed by atoms with E-state index >= 15 is 0 Å². The lowest BCUT2D eigenvalue weighted by molar-refractivity contribution is -0.385. The van der Waals surface area contributed by atoms with Crippen molar-refractivity contribution in [3.63, 3.8) is 0 Å². The molecule has 0 spiro atoms. The average Bonchev–Trinajstić information content (AvgIpc) is 2.68. The predicted octanol–water partition coefficient (Wildman–Crippen LogP) is -0.936. The Morgan fingerprint density at radius 1 is 1.30 bits per heavy atom. The summed E-state index contributed by atoms with van der Waals surface area (Å²) >= 11 is 0. The lowest BCUT2D eigenvalue weighted by Crippen LogP contribution is -2.42. The second kappa shape index (κ2) is 9.60. The average molecular weight is 444 g/mol. The van der Waals surface area contributed by atoms with Gasteiger partial charge in [-0.2, -0.15) is 0 Å². The number of nitrogens with one attached hydrogen (secondary N) is 1. The molecule has 1 fully saturated rings. The highest BCUT2D eigenvalue weighted by Crippen LogP contribution is 2.25. The molecule has 1 amide bonds. The molecule has 30 heavy (non-hydrogen) atoms. The van der Waals surface area contributed by atoms with Crippen LogP contribution in [0.3, 0.4) is 0 Å². The number of nitro groups is 1. The summed E-state index contributed by atoms with van der Waals surface area (Å²) in [6, 6.07) is 3.18. The fourth-order valence-electron chi connectivity index (χ4n) is 3.01. The van der Waals surface area contributed by atoms with Gasteiger partial charge in [0.15, 0.2) is 0 Å². The number of rotatable bonds is 8. The number of piperidine rings is 1. The molecule has 14 heteroatoms. The van der Waals surface area contributed by atoms with Crippen LogP contribution in [0.4, 0.5) is 5.69 Å². The number of ether oxygens (including phenoxy) is 1. The molecule has 0 aromatic heterocycles. The van der Waals surface area contributed by atoms with Crippen molar-refractivity contribution in [2.24, 2.45) is 5.73 Å². The van der Waals surface area contributed by atoms with Gasteiger partial charge in [-0.25, -0.2) is 22.7 Å². The molecule has 0 atom stereocenters. The number of benzene rings is 1. The van der Waals surface area contributed by atoms with Gasteiger partial charge in [-0.15, -0.1) is 0 Å². The number of primary amides is 1. The number of hydrogen-bond acceptors (Lipinski definition) is 9. The molecular formula is C16H20N4O9S. The number of nitrogens with zero attached hydrogens (tertiary/aromatic N) is 2. The van der Waals surface area contributed by atoms with E-state index in [9.17, 15) is 32.9 Å².